The Hall–Kier alpha value is -1.96. The average molecular weight is 274 g/mol. The molecule has 0 radical (unpaired) electrons. The molecule has 0 aliphatic heterocycles. The summed E-state index contributed by atoms with van der Waals surface area (Å²) in [6.45, 7) is 1.67. The first-order chi connectivity index (χ1) is 8.79. The second-order valence-corrected chi connectivity index (χ2v) is 4.04. The minimum atomic E-state index is -4.76. The third-order valence-corrected chi connectivity index (χ3v) is 2.50. The molecule has 0 aliphatic rings. The van der Waals surface area contributed by atoms with Crippen molar-refractivity contribution in [1.29, 1.82) is 0 Å². The number of alkyl halides is 3. The van der Waals surface area contributed by atoms with Gasteiger partial charge in [0, 0.05) is 6.04 Å². The number of rotatable bonds is 2. The van der Waals surface area contributed by atoms with E-state index in [1.165, 1.54) is 12.3 Å². The summed E-state index contributed by atoms with van der Waals surface area (Å²) in [7, 11) is 0. The number of hydrogen-bond donors (Lipinski definition) is 1. The van der Waals surface area contributed by atoms with Crippen LogP contribution in [0.25, 0.3) is 5.69 Å². The maximum Gasteiger partial charge on any atom is 0.419 e. The summed E-state index contributed by atoms with van der Waals surface area (Å²) in [6, 6.07) is 2.21. The monoisotopic (exact) mass is 274 g/mol. The molecule has 0 amide bonds. The standard InChI is InChI=1S/C11H10F4N4/c1-6(16)10-5-19(18-17-10)7-2-3-9(12)8(4-7)11(13,14)15/h2-6H,16H2,1H3. The minimum Gasteiger partial charge on any atom is -0.323 e. The highest BCUT2D eigenvalue weighted by Gasteiger charge is 2.34. The van der Waals surface area contributed by atoms with Crippen molar-refractivity contribution in [2.75, 3.05) is 0 Å². The first-order valence-corrected chi connectivity index (χ1v) is 5.34. The van der Waals surface area contributed by atoms with Gasteiger partial charge in [-0.3, -0.25) is 0 Å². The van der Waals surface area contributed by atoms with Gasteiger partial charge in [0.05, 0.1) is 23.1 Å². The number of aromatic nitrogens is 3. The molecule has 1 aromatic heterocycles. The largest absolute Gasteiger partial charge is 0.419 e. The summed E-state index contributed by atoms with van der Waals surface area (Å²) >= 11 is 0. The number of benzene rings is 1. The maximum atomic E-state index is 13.1. The fourth-order valence-corrected chi connectivity index (χ4v) is 1.48. The summed E-state index contributed by atoms with van der Waals surface area (Å²) in [6.07, 6.45) is -3.36. The fraction of sp³-hybridized carbons (Fsp3) is 0.273. The van der Waals surface area contributed by atoms with Crippen molar-refractivity contribution in [3.8, 4) is 5.69 Å². The lowest BCUT2D eigenvalue weighted by molar-refractivity contribution is -0.140. The van der Waals surface area contributed by atoms with E-state index < -0.39 is 23.6 Å². The molecule has 4 nitrogen and oxygen atoms in total. The van der Waals surface area contributed by atoms with E-state index in [4.69, 9.17) is 5.73 Å². The van der Waals surface area contributed by atoms with E-state index >= 15 is 0 Å². The van der Waals surface area contributed by atoms with Gasteiger partial charge in [0.15, 0.2) is 0 Å². The smallest absolute Gasteiger partial charge is 0.323 e. The summed E-state index contributed by atoms with van der Waals surface area (Å²) < 4.78 is 52.0. The van der Waals surface area contributed by atoms with Crippen LogP contribution in [-0.4, -0.2) is 15.0 Å². The van der Waals surface area contributed by atoms with E-state index in [1.54, 1.807) is 6.92 Å². The SMILES string of the molecule is CC(N)c1cn(-c2ccc(F)c(C(F)(F)F)c2)nn1. The Morgan fingerprint density at radius 1 is 1.32 bits per heavy atom. The molecule has 1 atom stereocenters. The van der Waals surface area contributed by atoms with Crippen LogP contribution in [-0.2, 0) is 6.18 Å². The van der Waals surface area contributed by atoms with Crippen LogP contribution in [0.1, 0.15) is 24.2 Å². The zero-order valence-corrected chi connectivity index (χ0v) is 9.82. The molecule has 2 N–H and O–H groups in total. The van der Waals surface area contributed by atoms with E-state index in [2.05, 4.69) is 10.3 Å². The molecule has 1 heterocycles. The molecule has 0 aliphatic carbocycles. The maximum absolute atomic E-state index is 13.1. The van der Waals surface area contributed by atoms with Gasteiger partial charge in [0.2, 0.25) is 0 Å². The molecule has 2 aromatic rings. The normalized spacial score (nSPS) is 13.6. The van der Waals surface area contributed by atoms with Crippen LogP contribution in [0.3, 0.4) is 0 Å². The Kier molecular flexibility index (Phi) is 3.27. The van der Waals surface area contributed by atoms with Gasteiger partial charge in [-0.15, -0.1) is 5.10 Å². The second kappa shape index (κ2) is 4.61. The molecule has 19 heavy (non-hydrogen) atoms. The Labute approximate surface area is 105 Å². The van der Waals surface area contributed by atoms with Crippen LogP contribution >= 0.6 is 0 Å². The third kappa shape index (κ3) is 2.73. The Morgan fingerprint density at radius 3 is 2.53 bits per heavy atom. The van der Waals surface area contributed by atoms with Crippen LogP contribution < -0.4 is 5.73 Å². The van der Waals surface area contributed by atoms with E-state index in [0.29, 0.717) is 11.8 Å². The zero-order chi connectivity index (χ0) is 14.2. The van der Waals surface area contributed by atoms with E-state index in [1.807, 2.05) is 0 Å². The van der Waals surface area contributed by atoms with Crippen molar-refractivity contribution in [3.05, 3.63) is 41.5 Å². The fourth-order valence-electron chi connectivity index (χ4n) is 1.48. The second-order valence-electron chi connectivity index (χ2n) is 4.04. The highest BCUT2D eigenvalue weighted by molar-refractivity contribution is 5.37. The number of hydrogen-bond acceptors (Lipinski definition) is 3. The number of halogens is 4. The summed E-state index contributed by atoms with van der Waals surface area (Å²) in [4.78, 5) is 0. The van der Waals surface area contributed by atoms with Gasteiger partial charge >= 0.3 is 6.18 Å². The number of nitrogens with two attached hydrogens (primary N) is 1. The summed E-state index contributed by atoms with van der Waals surface area (Å²) in [5.74, 6) is -1.33. The molecule has 2 rings (SSSR count). The van der Waals surface area contributed by atoms with Gasteiger partial charge in [-0.2, -0.15) is 13.2 Å². The molecule has 0 spiro atoms. The quantitative estimate of drug-likeness (QED) is 0.856. The van der Waals surface area contributed by atoms with Gasteiger partial charge in [0.25, 0.3) is 0 Å². The predicted octanol–water partition coefficient (Wildman–Crippen LogP) is 2.44. The molecule has 102 valence electrons. The van der Waals surface area contributed by atoms with Crippen molar-refractivity contribution in [3.63, 3.8) is 0 Å². The molecule has 1 aromatic carbocycles. The van der Waals surface area contributed by atoms with E-state index in [0.717, 1.165) is 10.7 Å². The van der Waals surface area contributed by atoms with Crippen molar-refractivity contribution < 1.29 is 17.6 Å². The van der Waals surface area contributed by atoms with Crippen LogP contribution in [0.15, 0.2) is 24.4 Å². The van der Waals surface area contributed by atoms with Gasteiger partial charge in [0.1, 0.15) is 5.82 Å². The Bertz CT molecular complexity index is 589. The van der Waals surface area contributed by atoms with Crippen LogP contribution in [0.5, 0.6) is 0 Å². The van der Waals surface area contributed by atoms with Crippen LogP contribution in [0.2, 0.25) is 0 Å². The van der Waals surface area contributed by atoms with Crippen molar-refractivity contribution in [2.24, 2.45) is 5.73 Å². The lowest BCUT2D eigenvalue weighted by atomic mass is 10.2. The van der Waals surface area contributed by atoms with E-state index in [9.17, 15) is 17.6 Å². The van der Waals surface area contributed by atoms with Crippen molar-refractivity contribution >= 4 is 0 Å². The lowest BCUT2D eigenvalue weighted by Crippen LogP contribution is -2.09. The zero-order valence-electron chi connectivity index (χ0n) is 9.82. The summed E-state index contributed by atoms with van der Waals surface area (Å²) in [5.41, 5.74) is 4.72. The third-order valence-electron chi connectivity index (χ3n) is 2.50. The van der Waals surface area contributed by atoms with E-state index in [-0.39, 0.29) is 5.69 Å². The van der Waals surface area contributed by atoms with Crippen LogP contribution in [0, 0.1) is 5.82 Å². The predicted molar refractivity (Wildman–Crippen MR) is 58.9 cm³/mol. The van der Waals surface area contributed by atoms with Crippen molar-refractivity contribution in [2.45, 2.75) is 19.1 Å². The Balaban J connectivity index is 2.45. The molecule has 0 saturated heterocycles. The number of nitrogens with zero attached hydrogens (tertiary/aromatic N) is 3. The molecule has 0 bridgehead atoms. The molecular formula is C11H10F4N4. The molecule has 1 unspecified atom stereocenters. The minimum absolute atomic E-state index is 0.0631. The van der Waals surface area contributed by atoms with Gasteiger partial charge in [-0.05, 0) is 25.1 Å². The van der Waals surface area contributed by atoms with Gasteiger partial charge in [-0.1, -0.05) is 5.21 Å². The lowest BCUT2D eigenvalue weighted by Gasteiger charge is -2.09. The molecule has 0 saturated carbocycles. The summed E-state index contributed by atoms with van der Waals surface area (Å²) in [5, 5.41) is 7.38. The first-order valence-electron chi connectivity index (χ1n) is 5.34. The molecule has 0 fully saturated rings. The van der Waals surface area contributed by atoms with Gasteiger partial charge in [-0.25, -0.2) is 9.07 Å². The Morgan fingerprint density at radius 2 is 2.00 bits per heavy atom. The first kappa shape index (κ1) is 13.5. The van der Waals surface area contributed by atoms with Gasteiger partial charge < -0.3 is 5.73 Å². The van der Waals surface area contributed by atoms with Crippen LogP contribution in [0.4, 0.5) is 17.6 Å². The molecular weight excluding hydrogens is 264 g/mol. The highest BCUT2D eigenvalue weighted by Crippen LogP contribution is 2.32. The highest BCUT2D eigenvalue weighted by atomic mass is 19.4. The molecule has 8 heteroatoms. The average Bonchev–Trinajstić information content (AvgIpc) is 2.77. The van der Waals surface area contributed by atoms with Crippen molar-refractivity contribution in [1.82, 2.24) is 15.0 Å². The topological polar surface area (TPSA) is 56.7 Å².